The van der Waals surface area contributed by atoms with Crippen molar-refractivity contribution < 1.29 is 19.4 Å². The molecule has 0 aromatic heterocycles. The predicted molar refractivity (Wildman–Crippen MR) is 145 cm³/mol. The fraction of sp³-hybridized carbons (Fsp3) is 0.484. The molecule has 1 atom stereocenters. The lowest BCUT2D eigenvalue weighted by molar-refractivity contribution is 0.0573. The second kappa shape index (κ2) is 11.2. The zero-order chi connectivity index (χ0) is 26.5. The molecule has 1 aliphatic rings. The molecule has 1 amide bonds. The highest BCUT2D eigenvalue weighted by Gasteiger charge is 2.36. The molecule has 3 rings (SSSR count). The summed E-state index contributed by atoms with van der Waals surface area (Å²) in [5, 5.41) is 9.15. The standard InChI is InChI=1S/C31H39NO4/c1-7-8-9-10-23(14-11-22-12-15-24(16-13-22)28(33)34)25-17-18-26-27(21-25)32(20-19-31(26,5)6)29(35)36-30(2,3)4/h12-13,15-18,21,23H,7-10,19-20H2,1-6H3,(H,33,34). The number of nitrogens with zero attached hydrogens (tertiary/aromatic N) is 1. The third-order valence-corrected chi connectivity index (χ3v) is 6.64. The number of amides is 1. The van der Waals surface area contributed by atoms with Crippen LogP contribution in [0.25, 0.3) is 0 Å². The summed E-state index contributed by atoms with van der Waals surface area (Å²) >= 11 is 0. The topological polar surface area (TPSA) is 66.8 Å². The second-order valence-corrected chi connectivity index (χ2v) is 11.2. The predicted octanol–water partition coefficient (Wildman–Crippen LogP) is 7.52. The van der Waals surface area contributed by atoms with Crippen molar-refractivity contribution in [1.82, 2.24) is 0 Å². The molecular weight excluding hydrogens is 450 g/mol. The first-order chi connectivity index (χ1) is 16.9. The number of fused-ring (bicyclic) bond motifs is 1. The number of carbonyl (C=O) groups excluding carboxylic acids is 1. The van der Waals surface area contributed by atoms with Gasteiger partial charge in [-0.3, -0.25) is 4.90 Å². The molecule has 0 aliphatic carbocycles. The Morgan fingerprint density at radius 2 is 1.81 bits per heavy atom. The first-order valence-electron chi connectivity index (χ1n) is 12.9. The van der Waals surface area contributed by atoms with Crippen molar-refractivity contribution in [1.29, 1.82) is 0 Å². The summed E-state index contributed by atoms with van der Waals surface area (Å²) in [6.45, 7) is 12.9. The van der Waals surface area contributed by atoms with Crippen LogP contribution >= 0.6 is 0 Å². The van der Waals surface area contributed by atoms with Gasteiger partial charge in [0.1, 0.15) is 5.60 Å². The fourth-order valence-electron chi connectivity index (χ4n) is 4.50. The lowest BCUT2D eigenvalue weighted by Gasteiger charge is -2.40. The number of carbonyl (C=O) groups is 2. The number of aromatic carboxylic acids is 1. The summed E-state index contributed by atoms with van der Waals surface area (Å²) in [5.41, 5.74) is 3.58. The zero-order valence-electron chi connectivity index (χ0n) is 22.5. The molecule has 1 N–H and O–H groups in total. The van der Waals surface area contributed by atoms with Gasteiger partial charge < -0.3 is 9.84 Å². The van der Waals surface area contributed by atoms with Gasteiger partial charge in [-0.1, -0.05) is 64.0 Å². The minimum atomic E-state index is -0.946. The third-order valence-electron chi connectivity index (χ3n) is 6.64. The van der Waals surface area contributed by atoms with E-state index in [1.165, 1.54) is 0 Å². The maximum Gasteiger partial charge on any atom is 0.414 e. The van der Waals surface area contributed by atoms with Gasteiger partial charge in [-0.2, -0.15) is 0 Å². The SMILES string of the molecule is CCCCCC(C#Cc1ccc(C(=O)O)cc1)c1ccc2c(c1)N(C(=O)OC(C)(C)C)CCC2(C)C. The van der Waals surface area contributed by atoms with Gasteiger partial charge in [0.2, 0.25) is 0 Å². The van der Waals surface area contributed by atoms with E-state index < -0.39 is 11.6 Å². The van der Waals surface area contributed by atoms with Crippen LogP contribution < -0.4 is 4.90 Å². The Morgan fingerprint density at radius 3 is 2.42 bits per heavy atom. The van der Waals surface area contributed by atoms with E-state index >= 15 is 0 Å². The number of anilines is 1. The van der Waals surface area contributed by atoms with E-state index in [0.717, 1.165) is 54.5 Å². The molecule has 0 radical (unpaired) electrons. The molecule has 36 heavy (non-hydrogen) atoms. The number of unbranched alkanes of at least 4 members (excludes halogenated alkanes) is 2. The van der Waals surface area contributed by atoms with Crippen LogP contribution in [0.3, 0.4) is 0 Å². The fourth-order valence-corrected chi connectivity index (χ4v) is 4.50. The molecule has 0 saturated carbocycles. The van der Waals surface area contributed by atoms with Gasteiger partial charge in [0.25, 0.3) is 0 Å². The molecule has 0 saturated heterocycles. The maximum absolute atomic E-state index is 13.1. The van der Waals surface area contributed by atoms with Crippen molar-refractivity contribution >= 4 is 17.7 Å². The molecule has 1 unspecified atom stereocenters. The van der Waals surface area contributed by atoms with Crippen LogP contribution in [0.15, 0.2) is 42.5 Å². The highest BCUT2D eigenvalue weighted by atomic mass is 16.6. The number of hydrogen-bond acceptors (Lipinski definition) is 3. The lowest BCUT2D eigenvalue weighted by Crippen LogP contribution is -2.43. The molecule has 2 aromatic rings. The lowest BCUT2D eigenvalue weighted by atomic mass is 9.76. The van der Waals surface area contributed by atoms with Crippen LogP contribution in [0.5, 0.6) is 0 Å². The molecule has 2 aromatic carbocycles. The molecule has 5 heteroatoms. The van der Waals surface area contributed by atoms with Crippen LogP contribution in [-0.2, 0) is 10.2 Å². The van der Waals surface area contributed by atoms with E-state index in [4.69, 9.17) is 9.84 Å². The Labute approximate surface area is 215 Å². The summed E-state index contributed by atoms with van der Waals surface area (Å²) in [6.07, 6.45) is 4.79. The number of benzene rings is 2. The van der Waals surface area contributed by atoms with Gasteiger partial charge in [-0.25, -0.2) is 9.59 Å². The van der Waals surface area contributed by atoms with E-state index in [1.54, 1.807) is 29.2 Å². The second-order valence-electron chi connectivity index (χ2n) is 11.2. The number of ether oxygens (including phenoxy) is 1. The maximum atomic E-state index is 13.1. The van der Waals surface area contributed by atoms with E-state index in [-0.39, 0.29) is 23.0 Å². The van der Waals surface area contributed by atoms with Crippen LogP contribution in [0, 0.1) is 11.8 Å². The smallest absolute Gasteiger partial charge is 0.414 e. The molecular formula is C31H39NO4. The minimum Gasteiger partial charge on any atom is -0.478 e. The quantitative estimate of drug-likeness (QED) is 0.336. The summed E-state index contributed by atoms with van der Waals surface area (Å²) in [4.78, 5) is 26.0. The van der Waals surface area contributed by atoms with Crippen molar-refractivity contribution in [3.63, 3.8) is 0 Å². The first-order valence-corrected chi connectivity index (χ1v) is 12.9. The Morgan fingerprint density at radius 1 is 1.11 bits per heavy atom. The summed E-state index contributed by atoms with van der Waals surface area (Å²) < 4.78 is 5.73. The molecule has 0 bridgehead atoms. The largest absolute Gasteiger partial charge is 0.478 e. The summed E-state index contributed by atoms with van der Waals surface area (Å²) in [6, 6.07) is 13.1. The molecule has 1 aliphatic heterocycles. The van der Waals surface area contributed by atoms with Gasteiger partial charge in [0.05, 0.1) is 11.3 Å². The summed E-state index contributed by atoms with van der Waals surface area (Å²) in [5.74, 6) is 5.75. The van der Waals surface area contributed by atoms with Gasteiger partial charge in [0.15, 0.2) is 0 Å². The van der Waals surface area contributed by atoms with Gasteiger partial charge >= 0.3 is 12.1 Å². The van der Waals surface area contributed by atoms with E-state index in [1.807, 2.05) is 20.8 Å². The normalized spacial score (nSPS) is 15.3. The average Bonchev–Trinajstić information content (AvgIpc) is 2.80. The molecule has 192 valence electrons. The Balaban J connectivity index is 1.98. The van der Waals surface area contributed by atoms with Crippen molar-refractivity contribution in [3.8, 4) is 11.8 Å². The van der Waals surface area contributed by atoms with E-state index in [9.17, 15) is 9.59 Å². The van der Waals surface area contributed by atoms with Crippen LogP contribution in [0.2, 0.25) is 0 Å². The average molecular weight is 490 g/mol. The van der Waals surface area contributed by atoms with Gasteiger partial charge in [-0.05, 0) is 80.5 Å². The van der Waals surface area contributed by atoms with Gasteiger partial charge in [-0.15, -0.1) is 0 Å². The molecule has 0 fully saturated rings. The Hall–Kier alpha value is -3.26. The first kappa shape index (κ1) is 27.3. The zero-order valence-corrected chi connectivity index (χ0v) is 22.5. The number of rotatable bonds is 6. The van der Waals surface area contributed by atoms with Crippen molar-refractivity contribution in [2.75, 3.05) is 11.4 Å². The highest BCUT2D eigenvalue weighted by Crippen LogP contribution is 2.42. The Bertz CT molecular complexity index is 1150. The van der Waals surface area contributed by atoms with Crippen molar-refractivity contribution in [3.05, 3.63) is 64.7 Å². The number of carboxylic acid groups (broad SMARTS) is 1. The van der Waals surface area contributed by atoms with Crippen LogP contribution in [0.1, 0.15) is 107 Å². The van der Waals surface area contributed by atoms with Crippen molar-refractivity contribution in [2.45, 2.75) is 90.6 Å². The monoisotopic (exact) mass is 489 g/mol. The van der Waals surface area contributed by atoms with Gasteiger partial charge in [0, 0.05) is 18.0 Å². The third kappa shape index (κ3) is 6.91. The highest BCUT2D eigenvalue weighted by molar-refractivity contribution is 5.90. The molecule has 1 heterocycles. The molecule has 5 nitrogen and oxygen atoms in total. The van der Waals surface area contributed by atoms with E-state index in [2.05, 4.69) is 50.8 Å². The van der Waals surface area contributed by atoms with Crippen LogP contribution in [-0.4, -0.2) is 29.3 Å². The van der Waals surface area contributed by atoms with Crippen LogP contribution in [0.4, 0.5) is 10.5 Å². The minimum absolute atomic E-state index is 0.00604. The Kier molecular flexibility index (Phi) is 8.51. The molecule has 0 spiro atoms. The van der Waals surface area contributed by atoms with E-state index in [0.29, 0.717) is 6.54 Å². The number of carboxylic acids is 1. The number of hydrogen-bond donors (Lipinski definition) is 1. The summed E-state index contributed by atoms with van der Waals surface area (Å²) in [7, 11) is 0. The van der Waals surface area contributed by atoms with Crippen molar-refractivity contribution in [2.24, 2.45) is 0 Å².